The van der Waals surface area contributed by atoms with E-state index in [1.54, 1.807) is 0 Å². The van der Waals surface area contributed by atoms with E-state index in [-0.39, 0.29) is 0 Å². The average molecular weight is 528 g/mol. The molecule has 0 aliphatic heterocycles. The smallest absolute Gasteiger partial charge is 0.120 e. The first-order valence-corrected chi connectivity index (χ1v) is 13.6. The van der Waals surface area contributed by atoms with Crippen LogP contribution in [0.5, 0.6) is 11.5 Å². The van der Waals surface area contributed by atoms with Gasteiger partial charge in [-0.1, -0.05) is 94.8 Å². The van der Waals surface area contributed by atoms with Gasteiger partial charge in [0, 0.05) is 11.2 Å². The summed E-state index contributed by atoms with van der Waals surface area (Å²) in [7, 11) is 0. The minimum absolute atomic E-state index is 0.306. The number of benzene rings is 4. The number of aryl methyl sites for hydroxylation is 1. The highest BCUT2D eigenvalue weighted by Crippen LogP contribution is 2.47. The fourth-order valence-electron chi connectivity index (χ4n) is 5.11. The molecule has 0 saturated carbocycles. The van der Waals surface area contributed by atoms with Crippen molar-refractivity contribution in [3.8, 4) is 11.5 Å². The second-order valence-electron chi connectivity index (χ2n) is 9.13. The van der Waals surface area contributed by atoms with Crippen LogP contribution in [0.25, 0.3) is 0 Å². The molecule has 4 aromatic rings. The van der Waals surface area contributed by atoms with Crippen LogP contribution in [0.1, 0.15) is 52.5 Å². The average Bonchev–Trinajstić information content (AvgIpc) is 2.93. The van der Waals surface area contributed by atoms with Gasteiger partial charge in [0.2, 0.25) is 0 Å². The molecule has 1 aliphatic rings. The first-order valence-electron chi connectivity index (χ1n) is 12.4. The molecule has 0 saturated heterocycles. The van der Waals surface area contributed by atoms with Gasteiger partial charge < -0.3 is 9.47 Å². The molecular weight excluding hydrogens is 496 g/mol. The number of rotatable bonds is 9. The van der Waals surface area contributed by atoms with Gasteiger partial charge in [0.15, 0.2) is 0 Å². The molecule has 5 rings (SSSR count). The summed E-state index contributed by atoms with van der Waals surface area (Å²) >= 11 is 3.47. The highest BCUT2D eigenvalue weighted by atomic mass is 79.9. The van der Waals surface area contributed by atoms with Crippen LogP contribution in [-0.4, -0.2) is 11.9 Å². The maximum absolute atomic E-state index is 6.15. The summed E-state index contributed by atoms with van der Waals surface area (Å²) in [5.41, 5.74) is 6.73. The van der Waals surface area contributed by atoms with Crippen LogP contribution in [0.4, 0.5) is 0 Å². The van der Waals surface area contributed by atoms with Gasteiger partial charge in [-0.05, 0) is 77.3 Å². The van der Waals surface area contributed by atoms with Gasteiger partial charge in [-0.15, -0.1) is 0 Å². The second-order valence-corrected chi connectivity index (χ2v) is 9.92. The van der Waals surface area contributed by atoms with Gasteiger partial charge in [0.05, 0.1) is 6.61 Å². The Morgan fingerprint density at radius 1 is 0.714 bits per heavy atom. The molecule has 35 heavy (non-hydrogen) atoms. The Bertz CT molecular complexity index is 1210. The fraction of sp³-hybridized carbons (Fsp3) is 0.250. The van der Waals surface area contributed by atoms with Crippen LogP contribution in [0, 0.1) is 0 Å². The minimum Gasteiger partial charge on any atom is -0.494 e. The maximum Gasteiger partial charge on any atom is 0.120 e. The number of hydrogen-bond donors (Lipinski definition) is 0. The molecule has 178 valence electrons. The van der Waals surface area contributed by atoms with Crippen LogP contribution in [-0.2, 0) is 13.0 Å². The fourth-order valence-corrected chi connectivity index (χ4v) is 5.34. The van der Waals surface area contributed by atoms with Gasteiger partial charge in [0.25, 0.3) is 0 Å². The highest BCUT2D eigenvalue weighted by Gasteiger charge is 2.32. The lowest BCUT2D eigenvalue weighted by Crippen LogP contribution is -2.20. The molecule has 3 heteroatoms. The van der Waals surface area contributed by atoms with Crippen LogP contribution in [0.15, 0.2) is 103 Å². The van der Waals surface area contributed by atoms with Crippen molar-refractivity contribution >= 4 is 15.9 Å². The quantitative estimate of drug-likeness (QED) is 0.161. The number of alkyl halides is 1. The third-order valence-corrected chi connectivity index (χ3v) is 7.40. The molecule has 1 unspecified atom stereocenters. The summed E-state index contributed by atoms with van der Waals surface area (Å²) in [6.07, 6.45) is 3.18. The lowest BCUT2D eigenvalue weighted by Gasteiger charge is -2.35. The lowest BCUT2D eigenvalue weighted by molar-refractivity contribution is 0.305. The van der Waals surface area contributed by atoms with Crippen molar-refractivity contribution < 1.29 is 9.47 Å². The molecule has 2 atom stereocenters. The first-order chi connectivity index (χ1) is 17.3. The van der Waals surface area contributed by atoms with Crippen LogP contribution >= 0.6 is 15.9 Å². The molecule has 0 heterocycles. The monoisotopic (exact) mass is 526 g/mol. The van der Waals surface area contributed by atoms with Gasteiger partial charge in [-0.25, -0.2) is 0 Å². The Morgan fingerprint density at radius 3 is 2.17 bits per heavy atom. The van der Waals surface area contributed by atoms with Crippen molar-refractivity contribution in [3.05, 3.63) is 131 Å². The Morgan fingerprint density at radius 2 is 1.43 bits per heavy atom. The Balaban J connectivity index is 1.42. The summed E-state index contributed by atoms with van der Waals surface area (Å²) in [5, 5.41) is 0.958. The van der Waals surface area contributed by atoms with Crippen molar-refractivity contribution in [1.29, 1.82) is 0 Å². The van der Waals surface area contributed by atoms with Crippen molar-refractivity contribution in [3.63, 3.8) is 0 Å². The molecule has 0 aromatic heterocycles. The van der Waals surface area contributed by atoms with E-state index >= 15 is 0 Å². The van der Waals surface area contributed by atoms with E-state index in [0.717, 1.165) is 42.7 Å². The zero-order valence-corrected chi connectivity index (χ0v) is 21.5. The van der Waals surface area contributed by atoms with Gasteiger partial charge in [-0.2, -0.15) is 0 Å². The zero-order chi connectivity index (χ0) is 23.9. The van der Waals surface area contributed by atoms with E-state index < -0.39 is 0 Å². The highest BCUT2D eigenvalue weighted by molar-refractivity contribution is 9.09. The van der Waals surface area contributed by atoms with E-state index in [0.29, 0.717) is 18.4 Å². The molecule has 0 fully saturated rings. The summed E-state index contributed by atoms with van der Waals surface area (Å²) < 4.78 is 12.1. The number of fused-ring (bicyclic) bond motifs is 1. The Labute approximate surface area is 217 Å². The van der Waals surface area contributed by atoms with E-state index in [4.69, 9.17) is 9.47 Å². The van der Waals surface area contributed by atoms with Crippen LogP contribution in [0.3, 0.4) is 0 Å². The van der Waals surface area contributed by atoms with E-state index in [9.17, 15) is 0 Å². The van der Waals surface area contributed by atoms with Crippen LogP contribution < -0.4 is 9.47 Å². The van der Waals surface area contributed by atoms with Crippen LogP contribution in [0.2, 0.25) is 0 Å². The summed E-state index contributed by atoms with van der Waals surface area (Å²) in [6.45, 7) is 1.32. The molecule has 0 spiro atoms. The molecule has 0 bridgehead atoms. The minimum atomic E-state index is 0.306. The molecule has 4 aromatic carbocycles. The predicted octanol–water partition coefficient (Wildman–Crippen LogP) is 8.29. The van der Waals surface area contributed by atoms with Gasteiger partial charge >= 0.3 is 0 Å². The van der Waals surface area contributed by atoms with Crippen molar-refractivity contribution in [2.24, 2.45) is 0 Å². The lowest BCUT2D eigenvalue weighted by atomic mass is 9.69. The molecule has 0 N–H and O–H groups in total. The SMILES string of the molecule is BrCCCOc1ccc(C2c3ccc(OCc4ccccc4)cc3CC[C@@H]2c2ccccc2)cc1. The predicted molar refractivity (Wildman–Crippen MR) is 147 cm³/mol. The Hall–Kier alpha value is -3.04. The standard InChI is InChI=1S/C32H31BrO2/c33-20-7-21-34-28-15-12-26(13-16-28)32-30(25-10-5-2-6-11-25)18-14-27-22-29(17-19-31(27)32)35-23-24-8-3-1-4-9-24/h1-6,8-13,15-17,19,22,30,32H,7,14,18,20-21,23H2/t30-,32?/m1/s1. The van der Waals surface area contributed by atoms with Gasteiger partial charge in [0.1, 0.15) is 18.1 Å². The van der Waals surface area contributed by atoms with E-state index in [2.05, 4.69) is 113 Å². The van der Waals surface area contributed by atoms with E-state index in [1.165, 1.54) is 27.8 Å². The summed E-state index contributed by atoms with van der Waals surface area (Å²) in [4.78, 5) is 0. The maximum atomic E-state index is 6.15. The molecule has 1 aliphatic carbocycles. The molecule has 0 amide bonds. The van der Waals surface area contributed by atoms with Crippen molar-refractivity contribution in [2.45, 2.75) is 37.7 Å². The summed E-state index contributed by atoms with van der Waals surface area (Å²) in [5.74, 6) is 2.63. The zero-order valence-electron chi connectivity index (χ0n) is 19.9. The molecule has 0 radical (unpaired) electrons. The normalized spacial score (nSPS) is 16.9. The van der Waals surface area contributed by atoms with Crippen molar-refractivity contribution in [2.75, 3.05) is 11.9 Å². The largest absolute Gasteiger partial charge is 0.494 e. The first kappa shape index (κ1) is 23.7. The third kappa shape index (κ3) is 5.79. The topological polar surface area (TPSA) is 18.5 Å². The summed E-state index contributed by atoms with van der Waals surface area (Å²) in [6, 6.07) is 36.7. The number of hydrogen-bond acceptors (Lipinski definition) is 2. The number of ether oxygens (including phenoxy) is 2. The third-order valence-electron chi connectivity index (χ3n) is 6.84. The van der Waals surface area contributed by atoms with Crippen molar-refractivity contribution in [1.82, 2.24) is 0 Å². The molecular formula is C32H31BrO2. The number of halogens is 1. The second kappa shape index (κ2) is 11.6. The van der Waals surface area contributed by atoms with E-state index in [1.807, 2.05) is 6.07 Å². The molecule has 2 nitrogen and oxygen atoms in total. The Kier molecular flexibility index (Phi) is 7.85. The van der Waals surface area contributed by atoms with Gasteiger partial charge in [-0.3, -0.25) is 0 Å².